The molecular formula is C15H28N2O2. The van der Waals surface area contributed by atoms with E-state index in [1.165, 1.54) is 6.42 Å². The molecule has 0 spiro atoms. The van der Waals surface area contributed by atoms with Crippen molar-refractivity contribution < 1.29 is 9.53 Å². The monoisotopic (exact) mass is 268 g/mol. The zero-order valence-corrected chi connectivity index (χ0v) is 12.6. The van der Waals surface area contributed by atoms with E-state index < -0.39 is 0 Å². The smallest absolute Gasteiger partial charge is 0.224 e. The van der Waals surface area contributed by atoms with Crippen LogP contribution in [0.15, 0.2) is 0 Å². The second kappa shape index (κ2) is 5.41. The van der Waals surface area contributed by atoms with E-state index in [4.69, 9.17) is 10.5 Å². The van der Waals surface area contributed by atoms with Gasteiger partial charge >= 0.3 is 0 Å². The number of carbonyl (C=O) groups excluding carboxylic acids is 1. The fourth-order valence-electron chi connectivity index (χ4n) is 3.49. The zero-order chi connectivity index (χ0) is 14.1. The standard InChI is InChI=1S/C15H28N2O2/c1-12-10-17(11-14(2,3)19-12)13(18)9-15(16)7-5-4-6-8-15/h12H,4-11,16H2,1-3H3. The molecule has 1 heterocycles. The number of hydrogen-bond acceptors (Lipinski definition) is 3. The van der Waals surface area contributed by atoms with Gasteiger partial charge in [-0.3, -0.25) is 4.79 Å². The number of morpholine rings is 1. The molecular weight excluding hydrogens is 240 g/mol. The molecule has 0 aromatic rings. The van der Waals surface area contributed by atoms with E-state index in [-0.39, 0.29) is 23.2 Å². The second-order valence-electron chi connectivity index (χ2n) is 7.06. The van der Waals surface area contributed by atoms with Gasteiger partial charge in [0.25, 0.3) is 0 Å². The first-order valence-corrected chi connectivity index (χ1v) is 7.54. The summed E-state index contributed by atoms with van der Waals surface area (Å²) < 4.78 is 5.84. The molecule has 1 unspecified atom stereocenters. The van der Waals surface area contributed by atoms with Crippen LogP contribution >= 0.6 is 0 Å². The molecule has 2 N–H and O–H groups in total. The Bertz CT molecular complexity index is 335. The highest BCUT2D eigenvalue weighted by atomic mass is 16.5. The van der Waals surface area contributed by atoms with Crippen molar-refractivity contribution in [1.82, 2.24) is 4.90 Å². The van der Waals surface area contributed by atoms with Crippen molar-refractivity contribution >= 4 is 5.91 Å². The minimum Gasteiger partial charge on any atom is -0.369 e. The topological polar surface area (TPSA) is 55.6 Å². The maximum Gasteiger partial charge on any atom is 0.224 e. The van der Waals surface area contributed by atoms with E-state index in [0.717, 1.165) is 25.7 Å². The summed E-state index contributed by atoms with van der Waals surface area (Å²) in [5, 5.41) is 0. The van der Waals surface area contributed by atoms with Crippen LogP contribution in [0.2, 0.25) is 0 Å². The number of carbonyl (C=O) groups is 1. The first-order valence-electron chi connectivity index (χ1n) is 7.54. The van der Waals surface area contributed by atoms with Crippen molar-refractivity contribution in [3.63, 3.8) is 0 Å². The Morgan fingerprint density at radius 3 is 2.53 bits per heavy atom. The zero-order valence-electron chi connectivity index (χ0n) is 12.6. The Labute approximate surface area is 116 Å². The maximum atomic E-state index is 12.5. The van der Waals surface area contributed by atoms with Crippen LogP contribution in [0.25, 0.3) is 0 Å². The molecule has 1 amide bonds. The first kappa shape index (κ1) is 14.8. The molecule has 0 aromatic carbocycles. The van der Waals surface area contributed by atoms with Crippen molar-refractivity contribution in [3.8, 4) is 0 Å². The fourth-order valence-corrected chi connectivity index (χ4v) is 3.49. The third kappa shape index (κ3) is 3.93. The largest absolute Gasteiger partial charge is 0.369 e. The Kier molecular flexibility index (Phi) is 4.21. The summed E-state index contributed by atoms with van der Waals surface area (Å²) in [6.07, 6.45) is 6.16. The van der Waals surface area contributed by atoms with Gasteiger partial charge in [0.15, 0.2) is 0 Å². The molecule has 4 heteroatoms. The van der Waals surface area contributed by atoms with E-state index in [1.54, 1.807) is 0 Å². The Morgan fingerprint density at radius 2 is 1.95 bits per heavy atom. The lowest BCUT2D eigenvalue weighted by Gasteiger charge is -2.43. The average Bonchev–Trinajstić information content (AvgIpc) is 2.26. The molecule has 2 aliphatic rings. The van der Waals surface area contributed by atoms with Crippen molar-refractivity contribution in [2.75, 3.05) is 13.1 Å². The Morgan fingerprint density at radius 1 is 1.32 bits per heavy atom. The molecule has 1 aliphatic heterocycles. The number of nitrogens with zero attached hydrogens (tertiary/aromatic N) is 1. The van der Waals surface area contributed by atoms with Gasteiger partial charge in [0.05, 0.1) is 11.7 Å². The van der Waals surface area contributed by atoms with Gasteiger partial charge in [-0.15, -0.1) is 0 Å². The molecule has 1 aliphatic carbocycles. The lowest BCUT2D eigenvalue weighted by molar-refractivity contribution is -0.159. The molecule has 4 nitrogen and oxygen atoms in total. The van der Waals surface area contributed by atoms with Crippen molar-refractivity contribution in [3.05, 3.63) is 0 Å². The highest BCUT2D eigenvalue weighted by Crippen LogP contribution is 2.30. The highest BCUT2D eigenvalue weighted by molar-refractivity contribution is 5.77. The summed E-state index contributed by atoms with van der Waals surface area (Å²) in [4.78, 5) is 14.4. The normalized spacial score (nSPS) is 30.1. The van der Waals surface area contributed by atoms with Gasteiger partial charge in [0.1, 0.15) is 0 Å². The summed E-state index contributed by atoms with van der Waals surface area (Å²) in [7, 11) is 0. The van der Waals surface area contributed by atoms with Crippen LogP contribution in [0.3, 0.4) is 0 Å². The molecule has 0 aromatic heterocycles. The summed E-state index contributed by atoms with van der Waals surface area (Å²) in [5.41, 5.74) is 5.88. The van der Waals surface area contributed by atoms with E-state index in [2.05, 4.69) is 0 Å². The maximum absolute atomic E-state index is 12.5. The van der Waals surface area contributed by atoms with E-state index in [1.807, 2.05) is 25.7 Å². The van der Waals surface area contributed by atoms with Gasteiger partial charge in [-0.05, 0) is 33.6 Å². The van der Waals surface area contributed by atoms with Crippen molar-refractivity contribution in [2.24, 2.45) is 5.73 Å². The van der Waals surface area contributed by atoms with Gasteiger partial charge < -0.3 is 15.4 Å². The van der Waals surface area contributed by atoms with Crippen molar-refractivity contribution in [2.45, 2.75) is 76.5 Å². The van der Waals surface area contributed by atoms with Gasteiger partial charge in [-0.1, -0.05) is 19.3 Å². The molecule has 2 rings (SSSR count). The predicted molar refractivity (Wildman–Crippen MR) is 75.8 cm³/mol. The molecule has 1 saturated heterocycles. The Hall–Kier alpha value is -0.610. The predicted octanol–water partition coefficient (Wildman–Crippen LogP) is 2.06. The molecule has 0 radical (unpaired) electrons. The summed E-state index contributed by atoms with van der Waals surface area (Å²) >= 11 is 0. The van der Waals surface area contributed by atoms with Gasteiger partial charge in [-0.25, -0.2) is 0 Å². The lowest BCUT2D eigenvalue weighted by Crippen LogP contribution is -2.56. The highest BCUT2D eigenvalue weighted by Gasteiger charge is 2.37. The first-order chi connectivity index (χ1) is 8.80. The Balaban J connectivity index is 1.95. The molecule has 19 heavy (non-hydrogen) atoms. The van der Waals surface area contributed by atoms with Gasteiger partial charge in [0, 0.05) is 25.0 Å². The van der Waals surface area contributed by atoms with E-state index in [0.29, 0.717) is 19.5 Å². The third-order valence-electron chi connectivity index (χ3n) is 4.27. The second-order valence-corrected chi connectivity index (χ2v) is 7.06. The van der Waals surface area contributed by atoms with Crippen LogP contribution in [0.5, 0.6) is 0 Å². The van der Waals surface area contributed by atoms with Crippen LogP contribution in [0, 0.1) is 0 Å². The average molecular weight is 268 g/mol. The molecule has 1 saturated carbocycles. The van der Waals surface area contributed by atoms with Crippen LogP contribution in [-0.4, -0.2) is 41.1 Å². The third-order valence-corrected chi connectivity index (χ3v) is 4.27. The fraction of sp³-hybridized carbons (Fsp3) is 0.933. The van der Waals surface area contributed by atoms with Crippen LogP contribution < -0.4 is 5.73 Å². The number of amides is 1. The number of ether oxygens (including phenoxy) is 1. The van der Waals surface area contributed by atoms with Crippen LogP contribution in [0.1, 0.15) is 59.3 Å². The minimum atomic E-state index is -0.263. The van der Waals surface area contributed by atoms with Crippen LogP contribution in [-0.2, 0) is 9.53 Å². The summed E-state index contributed by atoms with van der Waals surface area (Å²) in [6.45, 7) is 7.48. The minimum absolute atomic E-state index is 0.104. The van der Waals surface area contributed by atoms with E-state index >= 15 is 0 Å². The van der Waals surface area contributed by atoms with Gasteiger partial charge in [0.2, 0.25) is 5.91 Å². The lowest BCUT2D eigenvalue weighted by atomic mass is 9.80. The molecule has 1 atom stereocenters. The van der Waals surface area contributed by atoms with Gasteiger partial charge in [-0.2, -0.15) is 0 Å². The molecule has 2 fully saturated rings. The number of hydrogen-bond donors (Lipinski definition) is 1. The quantitative estimate of drug-likeness (QED) is 0.834. The number of rotatable bonds is 2. The molecule has 0 bridgehead atoms. The summed E-state index contributed by atoms with van der Waals surface area (Å²) in [6, 6.07) is 0. The van der Waals surface area contributed by atoms with E-state index in [9.17, 15) is 4.79 Å². The molecule has 110 valence electrons. The summed E-state index contributed by atoms with van der Waals surface area (Å²) in [5.74, 6) is 0.202. The SMILES string of the molecule is CC1CN(C(=O)CC2(N)CCCCC2)CC(C)(C)O1. The number of nitrogens with two attached hydrogens (primary N) is 1. The van der Waals surface area contributed by atoms with Crippen molar-refractivity contribution in [1.29, 1.82) is 0 Å². The van der Waals surface area contributed by atoms with Crippen LogP contribution in [0.4, 0.5) is 0 Å².